The lowest BCUT2D eigenvalue weighted by Crippen LogP contribution is -2.44. The Morgan fingerprint density at radius 3 is 2.90 bits per heavy atom. The van der Waals surface area contributed by atoms with E-state index in [1.54, 1.807) is 24.7 Å². The van der Waals surface area contributed by atoms with Gasteiger partial charge in [0.1, 0.15) is 5.76 Å². The van der Waals surface area contributed by atoms with Crippen molar-refractivity contribution in [2.45, 2.75) is 25.5 Å². The van der Waals surface area contributed by atoms with Crippen LogP contribution in [0.5, 0.6) is 0 Å². The lowest BCUT2D eigenvalue weighted by Gasteiger charge is -2.36. The van der Waals surface area contributed by atoms with Crippen LogP contribution in [0.15, 0.2) is 45.3 Å². The molecule has 1 fully saturated rings. The van der Waals surface area contributed by atoms with E-state index in [1.807, 2.05) is 12.1 Å². The molecule has 7 nitrogen and oxygen atoms in total. The van der Waals surface area contributed by atoms with E-state index in [0.29, 0.717) is 19.7 Å². The summed E-state index contributed by atoms with van der Waals surface area (Å²) in [6.45, 7) is 7.55. The Bertz CT molecular complexity index is 712. The van der Waals surface area contributed by atoms with Gasteiger partial charge >= 0.3 is 0 Å². The quantitative estimate of drug-likeness (QED) is 0.206. The van der Waals surface area contributed by atoms with Gasteiger partial charge in [-0.15, -0.1) is 35.3 Å². The van der Waals surface area contributed by atoms with Gasteiger partial charge in [0, 0.05) is 44.6 Å². The van der Waals surface area contributed by atoms with Crippen LogP contribution in [0.3, 0.4) is 0 Å². The molecule has 0 saturated carbocycles. The molecule has 3 heterocycles. The Balaban J connectivity index is 0.00000320. The van der Waals surface area contributed by atoms with E-state index in [-0.39, 0.29) is 36.1 Å². The highest BCUT2D eigenvalue weighted by Crippen LogP contribution is 2.27. The van der Waals surface area contributed by atoms with Crippen molar-refractivity contribution in [3.05, 3.63) is 46.5 Å². The van der Waals surface area contributed by atoms with Gasteiger partial charge in [0.15, 0.2) is 5.96 Å². The van der Waals surface area contributed by atoms with Crippen LogP contribution < -0.4 is 10.6 Å². The molecule has 1 aliphatic rings. The number of furan rings is 1. The zero-order chi connectivity index (χ0) is 20.3. The monoisotopic (exact) mass is 548 g/mol. The summed E-state index contributed by atoms with van der Waals surface area (Å²) in [6, 6.07) is 8.47. The Morgan fingerprint density at radius 1 is 1.33 bits per heavy atom. The summed E-state index contributed by atoms with van der Waals surface area (Å²) in [5.41, 5.74) is 0. The molecule has 2 N–H and O–H groups in total. The number of nitrogens with zero attached hydrogens (tertiary/aromatic N) is 2. The maximum absolute atomic E-state index is 5.73. The van der Waals surface area contributed by atoms with Crippen LogP contribution in [0.1, 0.15) is 23.6 Å². The summed E-state index contributed by atoms with van der Waals surface area (Å²) in [6.07, 6.45) is 2.77. The standard InChI is InChI=1S/C21H32N4O3S.HI/c1-17-16-25(10-13-27-17)19(20-6-4-14-29-20)15-24-21(23-9-12-26-2)22-8-7-18-5-3-11-28-18;/h3-6,11,14,17,19H,7-10,12-13,15-16H2,1-2H3,(H2,22,23,24);1H. The molecule has 168 valence electrons. The Kier molecular flexibility index (Phi) is 11.7. The fourth-order valence-electron chi connectivity index (χ4n) is 3.38. The zero-order valence-corrected chi connectivity index (χ0v) is 20.9. The Labute approximate surface area is 200 Å². The summed E-state index contributed by atoms with van der Waals surface area (Å²) in [7, 11) is 1.70. The Hall–Kier alpha value is -1.14. The second kappa shape index (κ2) is 14.0. The number of methoxy groups -OCH3 is 1. The number of rotatable bonds is 10. The van der Waals surface area contributed by atoms with Crippen LogP contribution in [-0.2, 0) is 15.9 Å². The first-order valence-corrected chi connectivity index (χ1v) is 11.1. The van der Waals surface area contributed by atoms with Gasteiger partial charge in [-0.05, 0) is 30.5 Å². The van der Waals surface area contributed by atoms with Crippen LogP contribution in [0, 0.1) is 0 Å². The number of halogens is 1. The van der Waals surface area contributed by atoms with Gasteiger partial charge in [0.05, 0.1) is 38.2 Å². The molecule has 0 radical (unpaired) electrons. The average molecular weight is 548 g/mol. The number of aliphatic imine (C=N–C) groups is 1. The maximum atomic E-state index is 5.73. The third-order valence-electron chi connectivity index (χ3n) is 4.85. The third-order valence-corrected chi connectivity index (χ3v) is 5.82. The first kappa shape index (κ1) is 25.1. The van der Waals surface area contributed by atoms with Crippen LogP contribution in [-0.4, -0.2) is 70.0 Å². The lowest BCUT2D eigenvalue weighted by atomic mass is 10.1. The van der Waals surface area contributed by atoms with Gasteiger partial charge in [0.25, 0.3) is 0 Å². The smallest absolute Gasteiger partial charge is 0.191 e. The minimum Gasteiger partial charge on any atom is -0.469 e. The third kappa shape index (κ3) is 8.18. The van der Waals surface area contributed by atoms with Gasteiger partial charge < -0.3 is 24.5 Å². The van der Waals surface area contributed by atoms with Crippen molar-refractivity contribution < 1.29 is 13.9 Å². The molecule has 0 spiro atoms. The van der Waals surface area contributed by atoms with Crippen LogP contribution >= 0.6 is 35.3 Å². The second-order valence-corrected chi connectivity index (χ2v) is 8.05. The molecule has 2 atom stereocenters. The molecular weight excluding hydrogens is 515 g/mol. The van der Waals surface area contributed by atoms with Crippen LogP contribution in [0.4, 0.5) is 0 Å². The summed E-state index contributed by atoms with van der Waals surface area (Å²) in [4.78, 5) is 8.73. The highest BCUT2D eigenvalue weighted by Gasteiger charge is 2.26. The van der Waals surface area contributed by atoms with Crippen molar-refractivity contribution in [3.8, 4) is 0 Å². The fourth-order valence-corrected chi connectivity index (χ4v) is 4.23. The summed E-state index contributed by atoms with van der Waals surface area (Å²) in [5.74, 6) is 1.77. The van der Waals surface area contributed by atoms with Gasteiger partial charge in [0.2, 0.25) is 0 Å². The largest absolute Gasteiger partial charge is 0.469 e. The number of thiophene rings is 1. The summed E-state index contributed by atoms with van der Waals surface area (Å²) in [5, 5.41) is 8.90. The van der Waals surface area contributed by atoms with Gasteiger partial charge in [-0.25, -0.2) is 0 Å². The van der Waals surface area contributed by atoms with E-state index in [9.17, 15) is 0 Å². The predicted octanol–water partition coefficient (Wildman–Crippen LogP) is 3.15. The molecule has 1 saturated heterocycles. The van der Waals surface area contributed by atoms with Crippen molar-refractivity contribution in [2.75, 3.05) is 53.0 Å². The number of hydrogen-bond donors (Lipinski definition) is 2. The minimum absolute atomic E-state index is 0. The molecule has 1 aliphatic heterocycles. The van der Waals surface area contributed by atoms with Crippen molar-refractivity contribution in [2.24, 2.45) is 4.99 Å². The molecule has 0 amide bonds. The number of hydrogen-bond acceptors (Lipinski definition) is 6. The number of nitrogens with one attached hydrogen (secondary N) is 2. The second-order valence-electron chi connectivity index (χ2n) is 7.07. The number of ether oxygens (including phenoxy) is 2. The van der Waals surface area contributed by atoms with E-state index >= 15 is 0 Å². The topological polar surface area (TPSA) is 71.3 Å². The molecule has 3 rings (SSSR count). The number of morpholine rings is 1. The molecule has 2 aromatic rings. The van der Waals surface area contributed by atoms with Crippen LogP contribution in [0.2, 0.25) is 0 Å². The molecule has 0 bridgehead atoms. The maximum Gasteiger partial charge on any atom is 0.191 e. The molecular formula is C21H33IN4O3S. The fraction of sp³-hybridized carbons (Fsp3) is 0.571. The lowest BCUT2D eigenvalue weighted by molar-refractivity contribution is -0.0327. The van der Waals surface area contributed by atoms with E-state index in [0.717, 1.165) is 44.4 Å². The van der Waals surface area contributed by atoms with E-state index in [1.165, 1.54) is 4.88 Å². The van der Waals surface area contributed by atoms with Crippen molar-refractivity contribution in [1.82, 2.24) is 15.5 Å². The SMILES string of the molecule is COCCNC(=NCC(c1cccs1)N1CCOC(C)C1)NCCc1ccco1.I. The zero-order valence-electron chi connectivity index (χ0n) is 17.7. The Morgan fingerprint density at radius 2 is 2.20 bits per heavy atom. The highest BCUT2D eigenvalue weighted by atomic mass is 127. The summed E-state index contributed by atoms with van der Waals surface area (Å²) >= 11 is 1.79. The first-order chi connectivity index (χ1) is 14.3. The normalized spacial score (nSPS) is 18.6. The van der Waals surface area contributed by atoms with Gasteiger partial charge in [-0.1, -0.05) is 6.07 Å². The molecule has 0 aliphatic carbocycles. The van der Waals surface area contributed by atoms with Gasteiger partial charge in [-0.2, -0.15) is 0 Å². The molecule has 30 heavy (non-hydrogen) atoms. The van der Waals surface area contributed by atoms with Crippen molar-refractivity contribution >= 4 is 41.3 Å². The average Bonchev–Trinajstić information content (AvgIpc) is 3.42. The van der Waals surface area contributed by atoms with E-state index in [4.69, 9.17) is 18.9 Å². The molecule has 2 aromatic heterocycles. The number of guanidine groups is 1. The minimum atomic E-state index is 0. The van der Waals surface area contributed by atoms with E-state index < -0.39 is 0 Å². The first-order valence-electron chi connectivity index (χ1n) is 10.2. The van der Waals surface area contributed by atoms with Gasteiger partial charge in [-0.3, -0.25) is 9.89 Å². The van der Waals surface area contributed by atoms with Crippen molar-refractivity contribution in [1.29, 1.82) is 0 Å². The molecule has 2 unspecified atom stereocenters. The van der Waals surface area contributed by atoms with E-state index in [2.05, 4.69) is 40.0 Å². The molecule has 9 heteroatoms. The van der Waals surface area contributed by atoms with Crippen molar-refractivity contribution in [3.63, 3.8) is 0 Å². The molecule has 0 aromatic carbocycles. The highest BCUT2D eigenvalue weighted by molar-refractivity contribution is 14.0. The summed E-state index contributed by atoms with van der Waals surface area (Å²) < 4.78 is 16.3. The van der Waals surface area contributed by atoms with Crippen LogP contribution in [0.25, 0.3) is 0 Å². The predicted molar refractivity (Wildman–Crippen MR) is 132 cm³/mol.